The SMILES string of the molecule is OCc1ccc2c(ccn2Cc2ccc(F)c(F)c2)c1. The van der Waals surface area contributed by atoms with Gasteiger partial charge in [-0.15, -0.1) is 0 Å². The van der Waals surface area contributed by atoms with Gasteiger partial charge in [-0.3, -0.25) is 0 Å². The van der Waals surface area contributed by atoms with Crippen molar-refractivity contribution in [1.29, 1.82) is 0 Å². The molecule has 0 bridgehead atoms. The normalized spacial score (nSPS) is 11.2. The van der Waals surface area contributed by atoms with Gasteiger partial charge in [0.1, 0.15) is 0 Å². The van der Waals surface area contributed by atoms with Crippen LogP contribution in [-0.4, -0.2) is 9.67 Å². The van der Waals surface area contributed by atoms with Gasteiger partial charge in [-0.25, -0.2) is 8.78 Å². The molecule has 2 nitrogen and oxygen atoms in total. The number of benzene rings is 2. The highest BCUT2D eigenvalue weighted by Crippen LogP contribution is 2.19. The maximum absolute atomic E-state index is 13.2. The molecule has 2 aromatic carbocycles. The molecule has 0 spiro atoms. The van der Waals surface area contributed by atoms with E-state index in [-0.39, 0.29) is 6.61 Å². The second-order valence-corrected chi connectivity index (χ2v) is 4.74. The fourth-order valence-electron chi connectivity index (χ4n) is 2.32. The average Bonchev–Trinajstić information content (AvgIpc) is 2.85. The summed E-state index contributed by atoms with van der Waals surface area (Å²) in [6.45, 7) is 0.476. The minimum absolute atomic E-state index is 0.00426. The van der Waals surface area contributed by atoms with Crippen molar-refractivity contribution in [3.05, 3.63) is 71.4 Å². The molecule has 1 aromatic heterocycles. The Kier molecular flexibility index (Phi) is 3.24. The monoisotopic (exact) mass is 273 g/mol. The molecule has 0 aliphatic carbocycles. The number of aliphatic hydroxyl groups is 1. The third-order valence-electron chi connectivity index (χ3n) is 3.35. The summed E-state index contributed by atoms with van der Waals surface area (Å²) in [5, 5.41) is 10.1. The molecule has 0 saturated heterocycles. The van der Waals surface area contributed by atoms with Crippen molar-refractivity contribution in [3.63, 3.8) is 0 Å². The van der Waals surface area contributed by atoms with Gasteiger partial charge >= 0.3 is 0 Å². The van der Waals surface area contributed by atoms with Crippen molar-refractivity contribution in [2.75, 3.05) is 0 Å². The lowest BCUT2D eigenvalue weighted by Crippen LogP contribution is -1.99. The fraction of sp³-hybridized carbons (Fsp3) is 0.125. The molecule has 0 unspecified atom stereocenters. The molecule has 1 heterocycles. The summed E-state index contributed by atoms with van der Waals surface area (Å²) in [4.78, 5) is 0. The molecule has 20 heavy (non-hydrogen) atoms. The first-order valence-corrected chi connectivity index (χ1v) is 6.30. The van der Waals surface area contributed by atoms with Crippen molar-refractivity contribution in [2.24, 2.45) is 0 Å². The van der Waals surface area contributed by atoms with E-state index in [0.717, 1.165) is 22.5 Å². The topological polar surface area (TPSA) is 25.2 Å². The molecule has 0 amide bonds. The van der Waals surface area contributed by atoms with E-state index in [4.69, 9.17) is 5.11 Å². The number of rotatable bonds is 3. The number of nitrogens with zero attached hydrogens (tertiary/aromatic N) is 1. The number of hydrogen-bond acceptors (Lipinski definition) is 1. The Morgan fingerprint density at radius 2 is 1.70 bits per heavy atom. The summed E-state index contributed by atoms with van der Waals surface area (Å²) in [7, 11) is 0. The maximum atomic E-state index is 13.2. The molecule has 3 aromatic rings. The first-order valence-electron chi connectivity index (χ1n) is 6.30. The minimum atomic E-state index is -0.835. The van der Waals surface area contributed by atoms with Gasteiger partial charge in [0, 0.05) is 18.3 Å². The largest absolute Gasteiger partial charge is 0.392 e. The lowest BCUT2D eigenvalue weighted by atomic mass is 10.1. The van der Waals surface area contributed by atoms with Crippen LogP contribution in [-0.2, 0) is 13.2 Å². The van der Waals surface area contributed by atoms with Crippen LogP contribution in [0.2, 0.25) is 0 Å². The van der Waals surface area contributed by atoms with Gasteiger partial charge in [0.25, 0.3) is 0 Å². The minimum Gasteiger partial charge on any atom is -0.392 e. The average molecular weight is 273 g/mol. The van der Waals surface area contributed by atoms with E-state index in [1.54, 1.807) is 6.07 Å². The molecule has 1 N–H and O–H groups in total. The van der Waals surface area contributed by atoms with Crippen LogP contribution in [0.15, 0.2) is 48.7 Å². The molecule has 0 atom stereocenters. The lowest BCUT2D eigenvalue weighted by Gasteiger charge is -2.07. The predicted octanol–water partition coefficient (Wildman–Crippen LogP) is 3.46. The highest BCUT2D eigenvalue weighted by atomic mass is 19.2. The van der Waals surface area contributed by atoms with E-state index in [0.29, 0.717) is 12.1 Å². The Hall–Kier alpha value is -2.20. The van der Waals surface area contributed by atoms with Crippen LogP contribution in [0.1, 0.15) is 11.1 Å². The van der Waals surface area contributed by atoms with Gasteiger partial charge in [-0.2, -0.15) is 0 Å². The van der Waals surface area contributed by atoms with E-state index < -0.39 is 11.6 Å². The summed E-state index contributed by atoms with van der Waals surface area (Å²) >= 11 is 0. The molecule has 3 rings (SSSR count). The van der Waals surface area contributed by atoms with Crippen LogP contribution in [0.5, 0.6) is 0 Å². The number of aliphatic hydroxyl groups excluding tert-OH is 1. The maximum Gasteiger partial charge on any atom is 0.159 e. The number of halogens is 2. The first kappa shape index (κ1) is 12.8. The molecule has 0 aliphatic heterocycles. The molecular formula is C16H13F2NO. The third-order valence-corrected chi connectivity index (χ3v) is 3.35. The summed E-state index contributed by atoms with van der Waals surface area (Å²) in [5.41, 5.74) is 2.54. The van der Waals surface area contributed by atoms with Crippen molar-refractivity contribution >= 4 is 10.9 Å². The Labute approximate surface area is 114 Å². The molecule has 0 aliphatic rings. The quantitative estimate of drug-likeness (QED) is 0.776. The third kappa shape index (κ3) is 2.30. The van der Waals surface area contributed by atoms with Crippen molar-refractivity contribution in [3.8, 4) is 0 Å². The van der Waals surface area contributed by atoms with E-state index in [9.17, 15) is 8.78 Å². The number of hydrogen-bond donors (Lipinski definition) is 1. The zero-order valence-electron chi connectivity index (χ0n) is 10.7. The smallest absolute Gasteiger partial charge is 0.159 e. The van der Waals surface area contributed by atoms with Gasteiger partial charge in [0.2, 0.25) is 0 Å². The van der Waals surface area contributed by atoms with Crippen LogP contribution in [0, 0.1) is 11.6 Å². The highest BCUT2D eigenvalue weighted by Gasteiger charge is 2.06. The molecule has 0 fully saturated rings. The zero-order chi connectivity index (χ0) is 14.1. The summed E-state index contributed by atoms with van der Waals surface area (Å²) in [6.07, 6.45) is 1.90. The summed E-state index contributed by atoms with van der Waals surface area (Å²) in [5.74, 6) is -1.67. The van der Waals surface area contributed by atoms with Crippen molar-refractivity contribution in [2.45, 2.75) is 13.2 Å². The van der Waals surface area contributed by atoms with Crippen LogP contribution < -0.4 is 0 Å². The Morgan fingerprint density at radius 3 is 2.45 bits per heavy atom. The summed E-state index contributed by atoms with van der Waals surface area (Å²) < 4.78 is 28.1. The van der Waals surface area contributed by atoms with Crippen LogP contribution >= 0.6 is 0 Å². The van der Waals surface area contributed by atoms with Crippen LogP contribution in [0.4, 0.5) is 8.78 Å². The molecule has 102 valence electrons. The summed E-state index contributed by atoms with van der Waals surface area (Å²) in [6, 6.07) is 11.5. The zero-order valence-corrected chi connectivity index (χ0v) is 10.7. The van der Waals surface area contributed by atoms with Crippen LogP contribution in [0.25, 0.3) is 10.9 Å². The second-order valence-electron chi connectivity index (χ2n) is 4.74. The van der Waals surface area contributed by atoms with Gasteiger partial charge < -0.3 is 9.67 Å². The molecule has 0 radical (unpaired) electrons. The van der Waals surface area contributed by atoms with E-state index in [1.165, 1.54) is 6.07 Å². The van der Waals surface area contributed by atoms with E-state index in [2.05, 4.69) is 0 Å². The lowest BCUT2D eigenvalue weighted by molar-refractivity contribution is 0.282. The van der Waals surface area contributed by atoms with E-state index >= 15 is 0 Å². The Bertz CT molecular complexity index is 764. The first-order chi connectivity index (χ1) is 9.67. The van der Waals surface area contributed by atoms with Gasteiger partial charge in [0.15, 0.2) is 11.6 Å². The second kappa shape index (κ2) is 5.06. The van der Waals surface area contributed by atoms with Crippen LogP contribution in [0.3, 0.4) is 0 Å². The van der Waals surface area contributed by atoms with Gasteiger partial charge in [-0.1, -0.05) is 12.1 Å². The number of fused-ring (bicyclic) bond motifs is 1. The van der Waals surface area contributed by atoms with Gasteiger partial charge in [-0.05, 0) is 46.8 Å². The molecule has 0 saturated carbocycles. The Morgan fingerprint density at radius 1 is 0.900 bits per heavy atom. The van der Waals surface area contributed by atoms with Crippen molar-refractivity contribution < 1.29 is 13.9 Å². The fourth-order valence-corrected chi connectivity index (χ4v) is 2.32. The van der Waals surface area contributed by atoms with Gasteiger partial charge in [0.05, 0.1) is 6.61 Å². The standard InChI is InChI=1S/C16H13F2NO/c17-14-3-1-11(8-15(14)18)9-19-6-5-13-7-12(10-20)2-4-16(13)19/h1-8,20H,9-10H2. The van der Waals surface area contributed by atoms with E-state index in [1.807, 2.05) is 35.0 Å². The highest BCUT2D eigenvalue weighted by molar-refractivity contribution is 5.81. The molecular weight excluding hydrogens is 260 g/mol. The Balaban J connectivity index is 1.96. The number of aromatic nitrogens is 1. The molecule has 4 heteroatoms. The predicted molar refractivity (Wildman–Crippen MR) is 73.3 cm³/mol. The van der Waals surface area contributed by atoms with Crippen molar-refractivity contribution in [1.82, 2.24) is 4.57 Å².